The zero-order valence-electron chi connectivity index (χ0n) is 16.4. The number of rotatable bonds is 8. The number of methoxy groups -OCH3 is 1. The van der Waals surface area contributed by atoms with E-state index in [4.69, 9.17) is 9.47 Å². The number of imidazole rings is 1. The Labute approximate surface area is 165 Å². The first-order chi connectivity index (χ1) is 13.6. The first-order valence-corrected chi connectivity index (χ1v) is 9.29. The highest BCUT2D eigenvalue weighted by Gasteiger charge is 2.19. The van der Waals surface area contributed by atoms with E-state index >= 15 is 0 Å². The van der Waals surface area contributed by atoms with Gasteiger partial charge in [0.25, 0.3) is 5.91 Å². The standard InChI is InChI=1S/C22H25N3O3/c1-4-21(28-19-10-7-9-18(14-19)27-3)22(26)24-15-17-8-5-6-11-20(17)25-13-12-23-16(25)2/h5-14,21H,4,15H2,1-3H3,(H,24,26)/t21-/m1/s1. The molecule has 2 aromatic carbocycles. The van der Waals surface area contributed by atoms with Gasteiger partial charge in [0.1, 0.15) is 17.3 Å². The molecule has 0 saturated carbocycles. The number of hydrogen-bond acceptors (Lipinski definition) is 4. The Kier molecular flexibility index (Phi) is 6.32. The topological polar surface area (TPSA) is 65.4 Å². The van der Waals surface area contributed by atoms with E-state index < -0.39 is 6.10 Å². The molecular weight excluding hydrogens is 354 g/mol. The third-order valence-corrected chi connectivity index (χ3v) is 4.51. The fraction of sp³-hybridized carbons (Fsp3) is 0.273. The minimum absolute atomic E-state index is 0.150. The lowest BCUT2D eigenvalue weighted by Gasteiger charge is -2.18. The zero-order valence-corrected chi connectivity index (χ0v) is 16.4. The number of carbonyl (C=O) groups excluding carboxylic acids is 1. The van der Waals surface area contributed by atoms with E-state index in [2.05, 4.69) is 10.3 Å². The average molecular weight is 379 g/mol. The van der Waals surface area contributed by atoms with Gasteiger partial charge in [-0.05, 0) is 37.1 Å². The number of hydrogen-bond donors (Lipinski definition) is 1. The predicted octanol–water partition coefficient (Wildman–Crippen LogP) is 3.66. The first-order valence-electron chi connectivity index (χ1n) is 9.29. The molecule has 6 heteroatoms. The van der Waals surface area contributed by atoms with E-state index in [-0.39, 0.29) is 5.91 Å². The summed E-state index contributed by atoms with van der Waals surface area (Å²) in [4.78, 5) is 17.0. The summed E-state index contributed by atoms with van der Waals surface area (Å²) in [5.41, 5.74) is 2.01. The molecule has 1 atom stereocenters. The molecule has 0 spiro atoms. The molecule has 1 N–H and O–H groups in total. The van der Waals surface area contributed by atoms with Crippen molar-refractivity contribution in [3.8, 4) is 17.2 Å². The van der Waals surface area contributed by atoms with E-state index in [1.54, 1.807) is 19.4 Å². The molecule has 3 aromatic rings. The summed E-state index contributed by atoms with van der Waals surface area (Å²) in [6, 6.07) is 15.2. The van der Waals surface area contributed by atoms with E-state index in [0.717, 1.165) is 17.1 Å². The van der Waals surface area contributed by atoms with Gasteiger partial charge >= 0.3 is 0 Å². The molecule has 0 radical (unpaired) electrons. The number of carbonyl (C=O) groups is 1. The number of amides is 1. The van der Waals surface area contributed by atoms with Crippen LogP contribution in [-0.4, -0.2) is 28.7 Å². The Morgan fingerprint density at radius 3 is 2.68 bits per heavy atom. The molecule has 0 fully saturated rings. The summed E-state index contributed by atoms with van der Waals surface area (Å²) in [6.45, 7) is 4.28. The second kappa shape index (κ2) is 9.08. The van der Waals surface area contributed by atoms with Gasteiger partial charge in [0, 0.05) is 25.0 Å². The number of nitrogens with zero attached hydrogens (tertiary/aromatic N) is 2. The Balaban J connectivity index is 1.68. The summed E-state index contributed by atoms with van der Waals surface area (Å²) in [5.74, 6) is 2.04. The zero-order chi connectivity index (χ0) is 19.9. The second-order valence-corrected chi connectivity index (χ2v) is 6.38. The lowest BCUT2D eigenvalue weighted by Crippen LogP contribution is -2.37. The third kappa shape index (κ3) is 4.52. The number of aromatic nitrogens is 2. The van der Waals surface area contributed by atoms with Gasteiger partial charge in [-0.15, -0.1) is 0 Å². The van der Waals surface area contributed by atoms with Crippen molar-refractivity contribution >= 4 is 5.91 Å². The van der Waals surface area contributed by atoms with Gasteiger partial charge in [0.05, 0.1) is 12.8 Å². The maximum absolute atomic E-state index is 12.7. The fourth-order valence-electron chi connectivity index (χ4n) is 2.99. The van der Waals surface area contributed by atoms with Crippen LogP contribution in [0, 0.1) is 6.92 Å². The van der Waals surface area contributed by atoms with Crippen LogP contribution in [0.4, 0.5) is 0 Å². The summed E-state index contributed by atoms with van der Waals surface area (Å²) in [5, 5.41) is 2.99. The van der Waals surface area contributed by atoms with Crippen LogP contribution < -0.4 is 14.8 Å². The average Bonchev–Trinajstić information content (AvgIpc) is 3.16. The van der Waals surface area contributed by atoms with Crippen molar-refractivity contribution < 1.29 is 14.3 Å². The van der Waals surface area contributed by atoms with Crippen LogP contribution in [0.5, 0.6) is 11.5 Å². The number of benzene rings is 2. The summed E-state index contributed by atoms with van der Waals surface area (Å²) in [6.07, 6.45) is 3.66. The van der Waals surface area contributed by atoms with Crippen LogP contribution in [0.3, 0.4) is 0 Å². The van der Waals surface area contributed by atoms with Gasteiger partial charge < -0.3 is 19.4 Å². The highest BCUT2D eigenvalue weighted by Crippen LogP contribution is 2.21. The SMILES string of the molecule is CC[C@@H](Oc1cccc(OC)c1)C(=O)NCc1ccccc1-n1ccnc1C. The largest absolute Gasteiger partial charge is 0.497 e. The number of nitrogens with one attached hydrogen (secondary N) is 1. The van der Waals surface area contributed by atoms with Gasteiger partial charge in [-0.2, -0.15) is 0 Å². The van der Waals surface area contributed by atoms with E-state index in [1.807, 2.05) is 67.1 Å². The van der Waals surface area contributed by atoms with Gasteiger partial charge in [-0.1, -0.05) is 31.2 Å². The summed E-state index contributed by atoms with van der Waals surface area (Å²) >= 11 is 0. The molecule has 0 aliphatic rings. The molecule has 0 saturated heterocycles. The highest BCUT2D eigenvalue weighted by atomic mass is 16.5. The lowest BCUT2D eigenvalue weighted by molar-refractivity contribution is -0.128. The molecule has 28 heavy (non-hydrogen) atoms. The van der Waals surface area contributed by atoms with Crippen LogP contribution >= 0.6 is 0 Å². The molecule has 3 rings (SSSR count). The molecule has 1 heterocycles. The van der Waals surface area contributed by atoms with Crippen molar-refractivity contribution in [2.45, 2.75) is 32.9 Å². The first kappa shape index (κ1) is 19.5. The quantitative estimate of drug-likeness (QED) is 0.649. The smallest absolute Gasteiger partial charge is 0.261 e. The van der Waals surface area contributed by atoms with Crippen molar-refractivity contribution in [2.24, 2.45) is 0 Å². The highest BCUT2D eigenvalue weighted by molar-refractivity contribution is 5.81. The minimum Gasteiger partial charge on any atom is -0.497 e. The Hall–Kier alpha value is -3.28. The van der Waals surface area contributed by atoms with Crippen LogP contribution in [0.25, 0.3) is 5.69 Å². The van der Waals surface area contributed by atoms with E-state index in [9.17, 15) is 4.79 Å². The van der Waals surface area contributed by atoms with E-state index in [1.165, 1.54) is 0 Å². The molecule has 1 aromatic heterocycles. The molecule has 6 nitrogen and oxygen atoms in total. The molecule has 0 aliphatic carbocycles. The van der Waals surface area contributed by atoms with E-state index in [0.29, 0.717) is 24.5 Å². The molecule has 0 bridgehead atoms. The molecular formula is C22H25N3O3. The normalized spacial score (nSPS) is 11.7. The lowest BCUT2D eigenvalue weighted by atomic mass is 10.1. The van der Waals surface area contributed by atoms with Gasteiger partial charge in [0.2, 0.25) is 0 Å². The molecule has 0 unspecified atom stereocenters. The minimum atomic E-state index is -0.575. The predicted molar refractivity (Wildman–Crippen MR) is 108 cm³/mol. The number of aryl methyl sites for hydroxylation is 1. The van der Waals surface area contributed by atoms with Crippen molar-refractivity contribution in [1.29, 1.82) is 0 Å². The van der Waals surface area contributed by atoms with Gasteiger partial charge in [-0.3, -0.25) is 4.79 Å². The van der Waals surface area contributed by atoms with Crippen molar-refractivity contribution in [2.75, 3.05) is 7.11 Å². The monoisotopic (exact) mass is 379 g/mol. The van der Waals surface area contributed by atoms with Crippen molar-refractivity contribution in [1.82, 2.24) is 14.9 Å². The van der Waals surface area contributed by atoms with Crippen molar-refractivity contribution in [3.05, 3.63) is 72.3 Å². The van der Waals surface area contributed by atoms with Crippen molar-refractivity contribution in [3.63, 3.8) is 0 Å². The number of ether oxygens (including phenoxy) is 2. The summed E-state index contributed by atoms with van der Waals surface area (Å²) < 4.78 is 13.1. The Morgan fingerprint density at radius 2 is 1.96 bits per heavy atom. The molecule has 146 valence electrons. The van der Waals surface area contributed by atoms with Crippen LogP contribution in [0.2, 0.25) is 0 Å². The number of para-hydroxylation sites is 1. The Bertz CT molecular complexity index is 936. The maximum Gasteiger partial charge on any atom is 0.261 e. The second-order valence-electron chi connectivity index (χ2n) is 6.38. The molecule has 0 aliphatic heterocycles. The fourth-order valence-corrected chi connectivity index (χ4v) is 2.99. The van der Waals surface area contributed by atoms with Crippen LogP contribution in [0.15, 0.2) is 60.9 Å². The van der Waals surface area contributed by atoms with Gasteiger partial charge in [0.15, 0.2) is 6.10 Å². The maximum atomic E-state index is 12.7. The van der Waals surface area contributed by atoms with Crippen LogP contribution in [0.1, 0.15) is 24.7 Å². The molecule has 1 amide bonds. The Morgan fingerprint density at radius 1 is 1.18 bits per heavy atom. The third-order valence-electron chi connectivity index (χ3n) is 4.51. The van der Waals surface area contributed by atoms with Gasteiger partial charge in [-0.25, -0.2) is 4.98 Å². The summed E-state index contributed by atoms with van der Waals surface area (Å²) in [7, 11) is 1.60. The van der Waals surface area contributed by atoms with Crippen LogP contribution in [-0.2, 0) is 11.3 Å².